The molecule has 1 atom stereocenters. The number of hydrogen-bond acceptors (Lipinski definition) is 4. The first-order valence-corrected chi connectivity index (χ1v) is 6.93. The Morgan fingerprint density at radius 2 is 2.21 bits per heavy atom. The first-order chi connectivity index (χ1) is 9.36. The first-order valence-electron chi connectivity index (χ1n) is 6.93. The lowest BCUT2D eigenvalue weighted by atomic mass is 10.0. The molecule has 4 heteroatoms. The third-order valence-corrected chi connectivity index (χ3v) is 3.38. The lowest BCUT2D eigenvalue weighted by Gasteiger charge is -2.26. The topological polar surface area (TPSA) is 48.3 Å². The number of hydrogen-bond donors (Lipinski definition) is 1. The summed E-state index contributed by atoms with van der Waals surface area (Å²) in [6.45, 7) is 6.41. The van der Waals surface area contributed by atoms with Crippen LogP contribution >= 0.6 is 0 Å². The van der Waals surface area contributed by atoms with Crippen LogP contribution in [0.5, 0.6) is 5.75 Å². The van der Waals surface area contributed by atoms with Crippen molar-refractivity contribution in [1.82, 2.24) is 10.2 Å². The Hall–Kier alpha value is -1.57. The Labute approximate surface area is 115 Å². The number of nitriles is 1. The van der Waals surface area contributed by atoms with Crippen LogP contribution in [-0.4, -0.2) is 37.7 Å². The van der Waals surface area contributed by atoms with Gasteiger partial charge in [0, 0.05) is 25.2 Å². The summed E-state index contributed by atoms with van der Waals surface area (Å²) in [5.41, 5.74) is 0.980. The monoisotopic (exact) mass is 259 g/mol. The van der Waals surface area contributed by atoms with Gasteiger partial charge in [-0.25, -0.2) is 0 Å². The Bertz CT molecular complexity index is 433. The summed E-state index contributed by atoms with van der Waals surface area (Å²) in [6, 6.07) is 10.1. The van der Waals surface area contributed by atoms with E-state index in [1.54, 1.807) is 0 Å². The fraction of sp³-hybridized carbons (Fsp3) is 0.533. The predicted octanol–water partition coefficient (Wildman–Crippen LogP) is 1.95. The molecule has 1 fully saturated rings. The Morgan fingerprint density at radius 1 is 1.37 bits per heavy atom. The predicted molar refractivity (Wildman–Crippen MR) is 75.0 cm³/mol. The van der Waals surface area contributed by atoms with Crippen molar-refractivity contribution in [3.63, 3.8) is 0 Å². The molecule has 0 amide bonds. The Kier molecular flexibility index (Phi) is 5.20. The zero-order valence-corrected chi connectivity index (χ0v) is 11.4. The molecule has 0 saturated carbocycles. The van der Waals surface area contributed by atoms with Gasteiger partial charge >= 0.3 is 0 Å². The second-order valence-corrected chi connectivity index (χ2v) is 4.64. The molecule has 0 bridgehead atoms. The fourth-order valence-corrected chi connectivity index (χ4v) is 2.47. The van der Waals surface area contributed by atoms with Crippen LogP contribution in [0.15, 0.2) is 24.3 Å². The van der Waals surface area contributed by atoms with Gasteiger partial charge in [-0.1, -0.05) is 18.2 Å². The summed E-state index contributed by atoms with van der Waals surface area (Å²) in [7, 11) is 0. The molecule has 1 heterocycles. The van der Waals surface area contributed by atoms with Gasteiger partial charge in [0.2, 0.25) is 0 Å². The summed E-state index contributed by atoms with van der Waals surface area (Å²) < 4.78 is 5.65. The third-order valence-electron chi connectivity index (χ3n) is 3.38. The van der Waals surface area contributed by atoms with Crippen molar-refractivity contribution in [2.24, 2.45) is 0 Å². The minimum absolute atomic E-state index is 0.220. The van der Waals surface area contributed by atoms with E-state index in [1.807, 2.05) is 31.2 Å². The average Bonchev–Trinajstić information content (AvgIpc) is 2.71. The van der Waals surface area contributed by atoms with Gasteiger partial charge in [-0.15, -0.1) is 0 Å². The van der Waals surface area contributed by atoms with Crippen LogP contribution in [0.1, 0.15) is 24.9 Å². The number of benzene rings is 1. The quantitative estimate of drug-likeness (QED) is 0.898. The van der Waals surface area contributed by atoms with Crippen LogP contribution in [0, 0.1) is 11.3 Å². The standard InChI is InChI=1S/C15H21N3O/c1-2-19-15-7-4-3-6-13(15)14(12-16)18-10-5-8-17-9-11-18/h3-4,6-7,14,17H,2,5,8-11H2,1H3. The maximum Gasteiger partial charge on any atom is 0.127 e. The van der Waals surface area contributed by atoms with Crippen molar-refractivity contribution >= 4 is 0 Å². The van der Waals surface area contributed by atoms with E-state index in [9.17, 15) is 5.26 Å². The molecule has 1 aromatic rings. The van der Waals surface area contributed by atoms with Crippen LogP contribution in [0.3, 0.4) is 0 Å². The lowest BCUT2D eigenvalue weighted by Crippen LogP contribution is -2.31. The highest BCUT2D eigenvalue weighted by Gasteiger charge is 2.23. The number of ether oxygens (including phenoxy) is 1. The molecule has 1 unspecified atom stereocenters. The summed E-state index contributed by atoms with van der Waals surface area (Å²) in [6.07, 6.45) is 1.08. The van der Waals surface area contributed by atoms with Gasteiger partial charge in [-0.3, -0.25) is 4.90 Å². The zero-order valence-electron chi connectivity index (χ0n) is 11.4. The van der Waals surface area contributed by atoms with Crippen LogP contribution < -0.4 is 10.1 Å². The van der Waals surface area contributed by atoms with Crippen molar-refractivity contribution in [2.75, 3.05) is 32.8 Å². The van der Waals surface area contributed by atoms with Gasteiger partial charge in [0.25, 0.3) is 0 Å². The Balaban J connectivity index is 2.23. The molecule has 0 aliphatic carbocycles. The second kappa shape index (κ2) is 7.13. The van der Waals surface area contributed by atoms with E-state index in [0.29, 0.717) is 6.61 Å². The molecule has 1 saturated heterocycles. The largest absolute Gasteiger partial charge is 0.493 e. The van der Waals surface area contributed by atoms with E-state index in [1.165, 1.54) is 0 Å². The molecule has 19 heavy (non-hydrogen) atoms. The zero-order chi connectivity index (χ0) is 13.5. The van der Waals surface area contributed by atoms with E-state index in [0.717, 1.165) is 43.9 Å². The normalized spacial score (nSPS) is 18.3. The minimum Gasteiger partial charge on any atom is -0.493 e. The summed E-state index contributed by atoms with van der Waals surface area (Å²) >= 11 is 0. The van der Waals surface area contributed by atoms with Gasteiger partial charge < -0.3 is 10.1 Å². The van der Waals surface area contributed by atoms with Gasteiger partial charge in [0.05, 0.1) is 12.7 Å². The van der Waals surface area contributed by atoms with Crippen LogP contribution in [0.4, 0.5) is 0 Å². The van der Waals surface area contributed by atoms with Crippen LogP contribution in [0.25, 0.3) is 0 Å². The van der Waals surface area contributed by atoms with E-state index in [-0.39, 0.29) is 6.04 Å². The van der Waals surface area contributed by atoms with Crippen LogP contribution in [0.2, 0.25) is 0 Å². The van der Waals surface area contributed by atoms with Crippen molar-refractivity contribution in [3.8, 4) is 11.8 Å². The highest BCUT2D eigenvalue weighted by atomic mass is 16.5. The maximum atomic E-state index is 9.55. The summed E-state index contributed by atoms with van der Waals surface area (Å²) in [5.74, 6) is 0.828. The van der Waals surface area contributed by atoms with Crippen molar-refractivity contribution in [2.45, 2.75) is 19.4 Å². The third kappa shape index (κ3) is 3.46. The number of nitrogens with zero attached hydrogens (tertiary/aromatic N) is 2. The number of para-hydroxylation sites is 1. The molecule has 1 aromatic carbocycles. The van der Waals surface area contributed by atoms with E-state index < -0.39 is 0 Å². The SMILES string of the molecule is CCOc1ccccc1C(C#N)N1CCCNCC1. The highest BCUT2D eigenvalue weighted by Crippen LogP contribution is 2.29. The van der Waals surface area contributed by atoms with Crippen molar-refractivity contribution in [3.05, 3.63) is 29.8 Å². The maximum absolute atomic E-state index is 9.55. The molecule has 1 N–H and O–H groups in total. The summed E-state index contributed by atoms with van der Waals surface area (Å²) in [4.78, 5) is 2.23. The number of nitrogens with one attached hydrogen (secondary N) is 1. The average molecular weight is 259 g/mol. The van der Waals surface area contributed by atoms with E-state index in [4.69, 9.17) is 4.74 Å². The fourth-order valence-electron chi connectivity index (χ4n) is 2.47. The Morgan fingerprint density at radius 3 is 3.00 bits per heavy atom. The van der Waals surface area contributed by atoms with Gasteiger partial charge in [-0.05, 0) is 26.0 Å². The minimum atomic E-state index is -0.220. The van der Waals surface area contributed by atoms with Crippen molar-refractivity contribution < 1.29 is 4.74 Å². The lowest BCUT2D eigenvalue weighted by molar-refractivity contribution is 0.244. The van der Waals surface area contributed by atoms with E-state index >= 15 is 0 Å². The molecular weight excluding hydrogens is 238 g/mol. The molecule has 0 aromatic heterocycles. The van der Waals surface area contributed by atoms with E-state index in [2.05, 4.69) is 16.3 Å². The number of rotatable bonds is 4. The molecule has 2 rings (SSSR count). The first kappa shape index (κ1) is 13.9. The molecule has 1 aliphatic rings. The molecule has 1 aliphatic heterocycles. The molecular formula is C15H21N3O. The summed E-state index contributed by atoms with van der Waals surface area (Å²) in [5, 5.41) is 12.9. The van der Waals surface area contributed by atoms with Crippen LogP contribution in [-0.2, 0) is 0 Å². The molecule has 102 valence electrons. The second-order valence-electron chi connectivity index (χ2n) is 4.64. The van der Waals surface area contributed by atoms with Gasteiger partial charge in [0.1, 0.15) is 11.8 Å². The van der Waals surface area contributed by atoms with Crippen molar-refractivity contribution in [1.29, 1.82) is 5.26 Å². The van der Waals surface area contributed by atoms with Gasteiger partial charge in [-0.2, -0.15) is 5.26 Å². The molecule has 0 radical (unpaired) electrons. The highest BCUT2D eigenvalue weighted by molar-refractivity contribution is 5.38. The molecule has 0 spiro atoms. The molecule has 4 nitrogen and oxygen atoms in total. The van der Waals surface area contributed by atoms with Gasteiger partial charge in [0.15, 0.2) is 0 Å². The smallest absolute Gasteiger partial charge is 0.127 e.